The van der Waals surface area contributed by atoms with Crippen LogP contribution in [0.2, 0.25) is 10.0 Å². The molecule has 1 aromatic carbocycles. The normalized spacial score (nSPS) is 10.8. The summed E-state index contributed by atoms with van der Waals surface area (Å²) in [6, 6.07) is 6.73. The predicted molar refractivity (Wildman–Crippen MR) is 103 cm³/mol. The van der Waals surface area contributed by atoms with Gasteiger partial charge in [-0.3, -0.25) is 9.48 Å². The molecule has 0 spiro atoms. The van der Waals surface area contributed by atoms with Crippen LogP contribution in [0.1, 0.15) is 28.7 Å². The van der Waals surface area contributed by atoms with E-state index in [4.69, 9.17) is 27.9 Å². The van der Waals surface area contributed by atoms with Gasteiger partial charge in [-0.25, -0.2) is 4.68 Å². The van der Waals surface area contributed by atoms with E-state index in [1.807, 2.05) is 18.5 Å². The van der Waals surface area contributed by atoms with Crippen LogP contribution in [0.4, 0.5) is 0 Å². The molecule has 0 bridgehead atoms. The first-order chi connectivity index (χ1) is 13.0. The van der Waals surface area contributed by atoms with Gasteiger partial charge in [0.15, 0.2) is 12.5 Å². The Hall–Kier alpha value is -2.51. The van der Waals surface area contributed by atoms with Gasteiger partial charge in [0.1, 0.15) is 5.69 Å². The van der Waals surface area contributed by atoms with Gasteiger partial charge in [0, 0.05) is 30.5 Å². The summed E-state index contributed by atoms with van der Waals surface area (Å²) in [5, 5.41) is 12.2. The predicted octanol–water partition coefficient (Wildman–Crippen LogP) is 3.68. The molecule has 1 N–H and O–H groups in total. The van der Waals surface area contributed by atoms with Gasteiger partial charge in [0.25, 0.3) is 5.91 Å². The number of halogens is 2. The van der Waals surface area contributed by atoms with E-state index >= 15 is 0 Å². The van der Waals surface area contributed by atoms with Crippen LogP contribution in [0.25, 0.3) is 0 Å². The second-order valence-corrected chi connectivity index (χ2v) is 6.63. The fraction of sp³-hybridized carbons (Fsp3) is 0.278. The van der Waals surface area contributed by atoms with Crippen LogP contribution >= 0.6 is 23.2 Å². The SMILES string of the molecule is CCn1ncc(CNC(=O)c2ccn(COc3c(Cl)cccc3Cl)n2)c1C. The summed E-state index contributed by atoms with van der Waals surface area (Å²) in [6.07, 6.45) is 3.42. The Morgan fingerprint density at radius 2 is 2.00 bits per heavy atom. The molecule has 3 rings (SSSR count). The van der Waals surface area contributed by atoms with E-state index in [1.165, 1.54) is 4.68 Å². The lowest BCUT2D eigenvalue weighted by atomic mass is 10.2. The molecule has 0 saturated carbocycles. The molecule has 0 aliphatic carbocycles. The topological polar surface area (TPSA) is 74.0 Å². The van der Waals surface area contributed by atoms with Crippen LogP contribution in [0.5, 0.6) is 5.75 Å². The minimum absolute atomic E-state index is 0.0825. The van der Waals surface area contributed by atoms with E-state index in [1.54, 1.807) is 36.7 Å². The Kier molecular flexibility index (Phi) is 6.03. The zero-order chi connectivity index (χ0) is 19.4. The molecule has 9 heteroatoms. The van der Waals surface area contributed by atoms with Gasteiger partial charge in [-0.2, -0.15) is 10.2 Å². The van der Waals surface area contributed by atoms with Gasteiger partial charge < -0.3 is 10.1 Å². The molecule has 0 unspecified atom stereocenters. The third kappa shape index (κ3) is 4.43. The molecule has 2 aromatic heterocycles. The Morgan fingerprint density at radius 1 is 1.26 bits per heavy atom. The second-order valence-electron chi connectivity index (χ2n) is 5.82. The number of hydrogen-bond donors (Lipinski definition) is 1. The Morgan fingerprint density at radius 3 is 2.67 bits per heavy atom. The highest BCUT2D eigenvalue weighted by atomic mass is 35.5. The van der Waals surface area contributed by atoms with E-state index < -0.39 is 0 Å². The zero-order valence-electron chi connectivity index (χ0n) is 14.9. The maximum atomic E-state index is 12.3. The molecule has 1 amide bonds. The molecular weight excluding hydrogens is 389 g/mol. The molecule has 0 radical (unpaired) electrons. The number of aromatic nitrogens is 4. The third-order valence-corrected chi connectivity index (χ3v) is 4.67. The summed E-state index contributed by atoms with van der Waals surface area (Å²) in [4.78, 5) is 12.3. The van der Waals surface area contributed by atoms with Crippen molar-refractivity contribution in [2.24, 2.45) is 0 Å². The number of ether oxygens (including phenoxy) is 1. The average Bonchev–Trinajstić information content (AvgIpc) is 3.26. The van der Waals surface area contributed by atoms with Crippen molar-refractivity contribution in [2.75, 3.05) is 0 Å². The van der Waals surface area contributed by atoms with Crippen molar-refractivity contribution in [1.29, 1.82) is 0 Å². The molecule has 0 atom stereocenters. The Labute approximate surface area is 166 Å². The number of benzene rings is 1. The third-order valence-electron chi connectivity index (χ3n) is 4.08. The van der Waals surface area contributed by atoms with Crippen LogP contribution in [0.15, 0.2) is 36.7 Å². The van der Waals surface area contributed by atoms with Crippen LogP contribution in [-0.2, 0) is 19.8 Å². The van der Waals surface area contributed by atoms with Crippen LogP contribution in [0.3, 0.4) is 0 Å². The number of nitrogens with one attached hydrogen (secondary N) is 1. The Bertz CT molecular complexity index is 931. The van der Waals surface area contributed by atoms with Crippen molar-refractivity contribution in [3.8, 4) is 5.75 Å². The minimum Gasteiger partial charge on any atom is -0.468 e. The lowest BCUT2D eigenvalue weighted by molar-refractivity contribution is 0.0944. The van der Waals surface area contributed by atoms with Crippen molar-refractivity contribution >= 4 is 29.1 Å². The van der Waals surface area contributed by atoms with E-state index in [0.717, 1.165) is 17.8 Å². The average molecular weight is 408 g/mol. The van der Waals surface area contributed by atoms with Gasteiger partial charge in [-0.05, 0) is 32.0 Å². The quantitative estimate of drug-likeness (QED) is 0.647. The lowest BCUT2D eigenvalue weighted by Crippen LogP contribution is -2.24. The summed E-state index contributed by atoms with van der Waals surface area (Å²) in [6.45, 7) is 5.26. The van der Waals surface area contributed by atoms with Crippen LogP contribution in [0, 0.1) is 6.92 Å². The number of amides is 1. The fourth-order valence-electron chi connectivity index (χ4n) is 2.55. The van der Waals surface area contributed by atoms with E-state index in [9.17, 15) is 4.79 Å². The molecule has 0 saturated heterocycles. The maximum absolute atomic E-state index is 12.3. The van der Waals surface area contributed by atoms with Gasteiger partial charge in [-0.1, -0.05) is 29.3 Å². The zero-order valence-corrected chi connectivity index (χ0v) is 16.5. The van der Waals surface area contributed by atoms with Crippen LogP contribution < -0.4 is 10.1 Å². The first-order valence-corrected chi connectivity index (χ1v) is 9.15. The highest BCUT2D eigenvalue weighted by molar-refractivity contribution is 6.37. The maximum Gasteiger partial charge on any atom is 0.272 e. The van der Waals surface area contributed by atoms with E-state index in [2.05, 4.69) is 15.5 Å². The van der Waals surface area contributed by atoms with E-state index in [0.29, 0.717) is 28.0 Å². The lowest BCUT2D eigenvalue weighted by Gasteiger charge is -2.09. The van der Waals surface area contributed by atoms with Gasteiger partial charge in [-0.15, -0.1) is 0 Å². The monoisotopic (exact) mass is 407 g/mol. The number of rotatable bonds is 7. The van der Waals surface area contributed by atoms with Crippen molar-refractivity contribution < 1.29 is 9.53 Å². The first kappa shape index (κ1) is 19.3. The minimum atomic E-state index is -0.270. The summed E-state index contributed by atoms with van der Waals surface area (Å²) in [7, 11) is 0. The van der Waals surface area contributed by atoms with Gasteiger partial charge >= 0.3 is 0 Å². The van der Waals surface area contributed by atoms with Gasteiger partial charge in [0.05, 0.1) is 16.2 Å². The number of nitrogens with zero attached hydrogens (tertiary/aromatic N) is 4. The van der Waals surface area contributed by atoms with Gasteiger partial charge in [0.2, 0.25) is 0 Å². The number of para-hydroxylation sites is 1. The summed E-state index contributed by atoms with van der Waals surface area (Å²) in [5.41, 5.74) is 2.30. The molecule has 3 aromatic rings. The standard InChI is InChI=1S/C18H19Cl2N5O2/c1-3-25-12(2)13(10-22-25)9-21-18(26)16-7-8-24(23-16)11-27-17-14(19)5-4-6-15(17)20/h4-8,10H,3,9,11H2,1-2H3,(H,21,26). The number of aryl methyl sites for hydroxylation is 1. The first-order valence-electron chi connectivity index (χ1n) is 8.39. The van der Waals surface area contributed by atoms with Crippen LogP contribution in [-0.4, -0.2) is 25.5 Å². The summed E-state index contributed by atoms with van der Waals surface area (Å²) >= 11 is 12.1. The second kappa shape index (κ2) is 8.45. The van der Waals surface area contributed by atoms with Crippen molar-refractivity contribution in [1.82, 2.24) is 24.9 Å². The number of carbonyl (C=O) groups excluding carboxylic acids is 1. The fourth-order valence-corrected chi connectivity index (χ4v) is 3.06. The highest BCUT2D eigenvalue weighted by Crippen LogP contribution is 2.32. The van der Waals surface area contributed by atoms with Crippen molar-refractivity contribution in [3.05, 3.63) is 63.7 Å². The molecule has 0 fully saturated rings. The number of hydrogen-bond acceptors (Lipinski definition) is 4. The largest absolute Gasteiger partial charge is 0.468 e. The molecule has 142 valence electrons. The molecule has 2 heterocycles. The number of carbonyl (C=O) groups is 1. The molecule has 27 heavy (non-hydrogen) atoms. The summed E-state index contributed by atoms with van der Waals surface area (Å²) < 4.78 is 8.98. The molecule has 7 nitrogen and oxygen atoms in total. The van der Waals surface area contributed by atoms with Crippen molar-refractivity contribution in [3.63, 3.8) is 0 Å². The molecule has 0 aliphatic heterocycles. The molecular formula is C18H19Cl2N5O2. The highest BCUT2D eigenvalue weighted by Gasteiger charge is 2.12. The van der Waals surface area contributed by atoms with E-state index in [-0.39, 0.29) is 12.6 Å². The summed E-state index contributed by atoms with van der Waals surface area (Å²) in [5.74, 6) is 0.110. The smallest absolute Gasteiger partial charge is 0.272 e. The van der Waals surface area contributed by atoms with Crippen molar-refractivity contribution in [2.45, 2.75) is 33.7 Å². The Balaban J connectivity index is 1.58. The molecule has 0 aliphatic rings.